The Kier molecular flexibility index (Phi) is 8.22. The quantitative estimate of drug-likeness (QED) is 0.179. The van der Waals surface area contributed by atoms with Crippen molar-refractivity contribution < 1.29 is 27.8 Å². The van der Waals surface area contributed by atoms with E-state index >= 15 is 0 Å². The molecule has 0 aliphatic carbocycles. The summed E-state index contributed by atoms with van der Waals surface area (Å²) in [5.74, 6) is 0.893. The van der Waals surface area contributed by atoms with Gasteiger partial charge in [0.2, 0.25) is 0 Å². The molecule has 186 valence electrons. The van der Waals surface area contributed by atoms with Gasteiger partial charge in [-0.25, -0.2) is 9.82 Å². The number of hydrazone groups is 1. The van der Waals surface area contributed by atoms with Gasteiger partial charge in [0.25, 0.3) is 0 Å². The summed E-state index contributed by atoms with van der Waals surface area (Å²) in [5.41, 5.74) is 4.11. The second-order valence-electron chi connectivity index (χ2n) is 7.59. The van der Waals surface area contributed by atoms with Crippen molar-refractivity contribution in [1.82, 2.24) is 5.43 Å². The lowest BCUT2D eigenvalue weighted by atomic mass is 10.2. The first-order valence-corrected chi connectivity index (χ1v) is 12.1. The molecule has 36 heavy (non-hydrogen) atoms. The van der Waals surface area contributed by atoms with Crippen molar-refractivity contribution in [2.24, 2.45) is 5.10 Å². The molecule has 0 saturated heterocycles. The molecule has 1 aromatic heterocycles. The molecule has 4 rings (SSSR count). The number of nitrogens with one attached hydrogen (secondary N) is 1. The van der Waals surface area contributed by atoms with E-state index < -0.39 is 5.91 Å². The standard InChI is InChI=1S/C27H24BrFN2O5/c1-3-33-20-9-10-23-19(13-20)14-25(36-23)27(32)31-30-15-17-11-21(28)26(24(12-17)34-4-2)35-16-18-7-5-6-8-22(18)29/h5-15H,3-4,16H2,1-2H3,(H,31,32)/b30-15-. The summed E-state index contributed by atoms with van der Waals surface area (Å²) >= 11 is 3.48. The van der Waals surface area contributed by atoms with Crippen LogP contribution in [-0.2, 0) is 6.61 Å². The number of carbonyl (C=O) groups excluding carboxylic acids is 1. The summed E-state index contributed by atoms with van der Waals surface area (Å²) in [6.07, 6.45) is 1.47. The largest absolute Gasteiger partial charge is 0.494 e. The molecule has 4 aromatic rings. The second kappa shape index (κ2) is 11.7. The molecular weight excluding hydrogens is 531 g/mol. The minimum Gasteiger partial charge on any atom is -0.494 e. The fraction of sp³-hybridized carbons (Fsp3) is 0.185. The number of ether oxygens (including phenoxy) is 3. The number of nitrogens with zero attached hydrogens (tertiary/aromatic N) is 1. The van der Waals surface area contributed by atoms with E-state index in [0.717, 1.165) is 5.39 Å². The third-order valence-corrected chi connectivity index (χ3v) is 5.65. The van der Waals surface area contributed by atoms with Crippen LogP contribution in [0, 0.1) is 5.82 Å². The summed E-state index contributed by atoms with van der Waals surface area (Å²) in [6.45, 7) is 4.74. The number of hydrogen-bond acceptors (Lipinski definition) is 6. The van der Waals surface area contributed by atoms with E-state index in [1.807, 2.05) is 19.9 Å². The average molecular weight is 555 g/mol. The van der Waals surface area contributed by atoms with E-state index in [4.69, 9.17) is 18.6 Å². The Morgan fingerprint density at radius 3 is 2.64 bits per heavy atom. The molecule has 0 bridgehead atoms. The third-order valence-electron chi connectivity index (χ3n) is 5.06. The number of hydrogen-bond donors (Lipinski definition) is 1. The maximum absolute atomic E-state index is 14.0. The van der Waals surface area contributed by atoms with Gasteiger partial charge >= 0.3 is 5.91 Å². The molecule has 1 heterocycles. The highest BCUT2D eigenvalue weighted by Gasteiger charge is 2.14. The Hall–Kier alpha value is -3.85. The Labute approximate surface area is 216 Å². The zero-order valence-corrected chi connectivity index (χ0v) is 21.3. The number of halogens is 2. The van der Waals surface area contributed by atoms with Crippen LogP contribution in [0.1, 0.15) is 35.5 Å². The van der Waals surface area contributed by atoms with Crippen LogP contribution in [0.3, 0.4) is 0 Å². The molecule has 9 heteroatoms. The molecule has 1 N–H and O–H groups in total. The highest BCUT2D eigenvalue weighted by molar-refractivity contribution is 9.10. The third kappa shape index (κ3) is 6.04. The topological polar surface area (TPSA) is 82.3 Å². The molecule has 0 unspecified atom stereocenters. The SMILES string of the molecule is CCOc1ccc2oc(C(=O)N/N=C\c3cc(Br)c(OCc4ccccc4F)c(OCC)c3)cc2c1. The number of carbonyl (C=O) groups is 1. The molecule has 1 amide bonds. The smallest absolute Gasteiger partial charge is 0.307 e. The average Bonchev–Trinajstić information content (AvgIpc) is 3.29. The van der Waals surface area contributed by atoms with Crippen LogP contribution < -0.4 is 19.6 Å². The van der Waals surface area contributed by atoms with E-state index in [9.17, 15) is 9.18 Å². The van der Waals surface area contributed by atoms with E-state index in [-0.39, 0.29) is 18.2 Å². The predicted octanol–water partition coefficient (Wildman–Crippen LogP) is 6.47. The zero-order chi connectivity index (χ0) is 25.5. The Bertz CT molecular complexity index is 1400. The van der Waals surface area contributed by atoms with E-state index in [2.05, 4.69) is 26.5 Å². The van der Waals surface area contributed by atoms with Crippen molar-refractivity contribution >= 4 is 39.0 Å². The molecular formula is C27H24BrFN2O5. The fourth-order valence-electron chi connectivity index (χ4n) is 3.44. The molecule has 0 fully saturated rings. The van der Waals surface area contributed by atoms with Crippen LogP contribution in [0.2, 0.25) is 0 Å². The molecule has 0 aliphatic rings. The summed E-state index contributed by atoms with van der Waals surface area (Å²) in [7, 11) is 0. The van der Waals surface area contributed by atoms with Gasteiger partial charge in [0, 0.05) is 10.9 Å². The van der Waals surface area contributed by atoms with E-state index in [0.29, 0.717) is 51.6 Å². The van der Waals surface area contributed by atoms with Crippen molar-refractivity contribution in [3.63, 3.8) is 0 Å². The van der Waals surface area contributed by atoms with Crippen molar-refractivity contribution in [3.05, 3.63) is 87.8 Å². The Morgan fingerprint density at radius 2 is 1.86 bits per heavy atom. The Morgan fingerprint density at radius 1 is 1.06 bits per heavy atom. The van der Waals surface area contributed by atoms with Gasteiger partial charge in [0.1, 0.15) is 23.8 Å². The first-order chi connectivity index (χ1) is 17.5. The monoisotopic (exact) mass is 554 g/mol. The minimum absolute atomic E-state index is 0.0401. The number of benzene rings is 3. The summed E-state index contributed by atoms with van der Waals surface area (Å²) in [6, 6.07) is 16.9. The first-order valence-electron chi connectivity index (χ1n) is 11.3. The van der Waals surface area contributed by atoms with Crippen molar-refractivity contribution in [2.45, 2.75) is 20.5 Å². The number of fused-ring (bicyclic) bond motifs is 1. The molecule has 0 aliphatic heterocycles. The minimum atomic E-state index is -0.491. The van der Waals surface area contributed by atoms with Gasteiger partial charge in [-0.2, -0.15) is 5.10 Å². The van der Waals surface area contributed by atoms with Gasteiger partial charge in [0.05, 0.1) is 23.9 Å². The normalized spacial score (nSPS) is 11.1. The van der Waals surface area contributed by atoms with Crippen LogP contribution in [0.4, 0.5) is 4.39 Å². The summed E-state index contributed by atoms with van der Waals surface area (Å²) < 4.78 is 37.2. The van der Waals surface area contributed by atoms with Gasteiger partial charge < -0.3 is 18.6 Å². The van der Waals surface area contributed by atoms with Gasteiger partial charge in [-0.1, -0.05) is 18.2 Å². The summed E-state index contributed by atoms with van der Waals surface area (Å²) in [4.78, 5) is 12.5. The number of furan rings is 1. The van der Waals surface area contributed by atoms with Gasteiger partial charge in [-0.05, 0) is 77.8 Å². The highest BCUT2D eigenvalue weighted by atomic mass is 79.9. The van der Waals surface area contributed by atoms with Crippen molar-refractivity contribution in [1.29, 1.82) is 0 Å². The molecule has 7 nitrogen and oxygen atoms in total. The van der Waals surface area contributed by atoms with Crippen LogP contribution >= 0.6 is 15.9 Å². The lowest BCUT2D eigenvalue weighted by molar-refractivity contribution is 0.0929. The van der Waals surface area contributed by atoms with Crippen LogP contribution in [0.25, 0.3) is 11.0 Å². The number of rotatable bonds is 10. The lowest BCUT2D eigenvalue weighted by Crippen LogP contribution is -2.16. The molecule has 0 saturated carbocycles. The lowest BCUT2D eigenvalue weighted by Gasteiger charge is -2.15. The zero-order valence-electron chi connectivity index (χ0n) is 19.7. The fourth-order valence-corrected chi connectivity index (χ4v) is 4.02. The van der Waals surface area contributed by atoms with Crippen LogP contribution in [0.15, 0.2) is 74.7 Å². The van der Waals surface area contributed by atoms with E-state index in [1.54, 1.807) is 48.5 Å². The molecule has 0 radical (unpaired) electrons. The van der Waals surface area contributed by atoms with E-state index in [1.165, 1.54) is 12.3 Å². The van der Waals surface area contributed by atoms with Crippen LogP contribution in [0.5, 0.6) is 17.2 Å². The van der Waals surface area contributed by atoms with Crippen molar-refractivity contribution in [2.75, 3.05) is 13.2 Å². The molecule has 0 atom stereocenters. The van der Waals surface area contributed by atoms with Crippen molar-refractivity contribution in [3.8, 4) is 17.2 Å². The first kappa shape index (κ1) is 25.2. The van der Waals surface area contributed by atoms with Gasteiger partial charge in [0.15, 0.2) is 17.3 Å². The predicted molar refractivity (Wildman–Crippen MR) is 138 cm³/mol. The van der Waals surface area contributed by atoms with Gasteiger partial charge in [-0.3, -0.25) is 4.79 Å². The van der Waals surface area contributed by atoms with Crippen LogP contribution in [-0.4, -0.2) is 25.3 Å². The Balaban J connectivity index is 1.46. The maximum atomic E-state index is 14.0. The summed E-state index contributed by atoms with van der Waals surface area (Å²) in [5, 5.41) is 4.79. The van der Waals surface area contributed by atoms with Gasteiger partial charge in [-0.15, -0.1) is 0 Å². The molecule has 0 spiro atoms. The number of amides is 1. The second-order valence-corrected chi connectivity index (χ2v) is 8.44. The maximum Gasteiger partial charge on any atom is 0.307 e. The molecule has 3 aromatic carbocycles. The highest BCUT2D eigenvalue weighted by Crippen LogP contribution is 2.37.